The van der Waals surface area contributed by atoms with Gasteiger partial charge in [0, 0.05) is 17.4 Å². The molecular formula is C15H19ClO3. The summed E-state index contributed by atoms with van der Waals surface area (Å²) in [6.45, 7) is 8.27. The van der Waals surface area contributed by atoms with Crippen molar-refractivity contribution in [2.45, 2.75) is 50.4 Å². The molecule has 0 bridgehead atoms. The van der Waals surface area contributed by atoms with Gasteiger partial charge in [0.05, 0.1) is 5.60 Å². The predicted molar refractivity (Wildman–Crippen MR) is 73.1 cm³/mol. The number of carbonyl (C=O) groups excluding carboxylic acids is 1. The van der Waals surface area contributed by atoms with Crippen LogP contribution in [0, 0.1) is 11.8 Å². The molecule has 0 unspecified atom stereocenters. The van der Waals surface area contributed by atoms with Gasteiger partial charge in [-0.15, -0.1) is 12.4 Å². The second-order valence-electron chi connectivity index (χ2n) is 6.39. The van der Waals surface area contributed by atoms with Crippen molar-refractivity contribution in [3.05, 3.63) is 23.8 Å². The standard InChI is InChI=1S/C15H18O3.ClH/c1-8-4-7-15-11(8)12-10(9(2)13(16)17-12)5-6-14(15,3)18-15;/h4,10-12H,2,5-7H2,1,3H3;1H/t10-,11+,12-,14+,15-;/m0./s1. The fraction of sp³-hybridized carbons (Fsp3) is 0.667. The lowest BCUT2D eigenvalue weighted by atomic mass is 9.78. The van der Waals surface area contributed by atoms with Gasteiger partial charge in [0.1, 0.15) is 11.7 Å². The van der Waals surface area contributed by atoms with E-state index in [4.69, 9.17) is 9.47 Å². The van der Waals surface area contributed by atoms with Gasteiger partial charge in [-0.05, 0) is 33.1 Å². The van der Waals surface area contributed by atoms with Gasteiger partial charge in [-0.2, -0.15) is 0 Å². The van der Waals surface area contributed by atoms with E-state index in [9.17, 15) is 4.79 Å². The normalized spacial score (nSPS) is 50.2. The number of hydrogen-bond donors (Lipinski definition) is 0. The van der Waals surface area contributed by atoms with Crippen LogP contribution in [0.15, 0.2) is 23.8 Å². The average Bonchev–Trinajstić information content (AvgIpc) is 2.65. The van der Waals surface area contributed by atoms with Crippen LogP contribution in [0.25, 0.3) is 0 Å². The lowest BCUT2D eigenvalue weighted by molar-refractivity contribution is -0.141. The highest BCUT2D eigenvalue weighted by Crippen LogP contribution is 2.67. The smallest absolute Gasteiger partial charge is 0.334 e. The van der Waals surface area contributed by atoms with Crippen LogP contribution in [-0.4, -0.2) is 23.3 Å². The second-order valence-corrected chi connectivity index (χ2v) is 6.39. The molecule has 0 aromatic carbocycles. The molecular weight excluding hydrogens is 264 g/mol. The minimum Gasteiger partial charge on any atom is -0.458 e. The van der Waals surface area contributed by atoms with Gasteiger partial charge >= 0.3 is 5.97 Å². The minimum absolute atomic E-state index is 0. The molecule has 0 aromatic heterocycles. The topological polar surface area (TPSA) is 38.8 Å². The fourth-order valence-corrected chi connectivity index (χ4v) is 4.45. The van der Waals surface area contributed by atoms with Crippen molar-refractivity contribution >= 4 is 18.4 Å². The molecule has 3 fully saturated rings. The molecule has 4 aliphatic rings. The zero-order valence-electron chi connectivity index (χ0n) is 11.3. The Hall–Kier alpha value is -0.800. The Kier molecular flexibility index (Phi) is 2.53. The van der Waals surface area contributed by atoms with E-state index >= 15 is 0 Å². The zero-order valence-corrected chi connectivity index (χ0v) is 12.1. The highest BCUT2D eigenvalue weighted by Gasteiger charge is 2.75. The van der Waals surface area contributed by atoms with Gasteiger partial charge in [0.25, 0.3) is 0 Å². The molecule has 4 rings (SSSR count). The number of ether oxygens (including phenoxy) is 2. The van der Waals surface area contributed by atoms with Crippen molar-refractivity contribution in [1.82, 2.24) is 0 Å². The summed E-state index contributed by atoms with van der Waals surface area (Å²) in [7, 11) is 0. The largest absolute Gasteiger partial charge is 0.458 e. The van der Waals surface area contributed by atoms with E-state index in [-0.39, 0.29) is 47.5 Å². The van der Waals surface area contributed by atoms with E-state index < -0.39 is 0 Å². The molecule has 0 radical (unpaired) electrons. The Morgan fingerprint density at radius 3 is 2.95 bits per heavy atom. The van der Waals surface area contributed by atoms with Crippen LogP contribution in [0.4, 0.5) is 0 Å². The van der Waals surface area contributed by atoms with Gasteiger partial charge in [-0.3, -0.25) is 0 Å². The lowest BCUT2D eigenvalue weighted by Crippen LogP contribution is -2.37. The van der Waals surface area contributed by atoms with Crippen molar-refractivity contribution in [2.24, 2.45) is 11.8 Å². The van der Waals surface area contributed by atoms with Gasteiger partial charge < -0.3 is 9.47 Å². The van der Waals surface area contributed by atoms with Gasteiger partial charge in [0.15, 0.2) is 0 Å². The number of rotatable bonds is 0. The highest BCUT2D eigenvalue weighted by molar-refractivity contribution is 5.91. The van der Waals surface area contributed by atoms with Crippen molar-refractivity contribution in [3.63, 3.8) is 0 Å². The van der Waals surface area contributed by atoms with Crippen LogP contribution in [-0.2, 0) is 14.3 Å². The van der Waals surface area contributed by atoms with E-state index in [1.807, 2.05) is 0 Å². The lowest BCUT2D eigenvalue weighted by Gasteiger charge is -2.26. The quantitative estimate of drug-likeness (QED) is 0.297. The molecule has 5 atom stereocenters. The number of carbonyl (C=O) groups is 1. The maximum atomic E-state index is 11.8. The van der Waals surface area contributed by atoms with E-state index in [0.29, 0.717) is 5.57 Å². The Balaban J connectivity index is 0.00000110. The molecule has 104 valence electrons. The molecule has 2 aliphatic carbocycles. The third-order valence-corrected chi connectivity index (χ3v) is 5.59. The summed E-state index contributed by atoms with van der Waals surface area (Å²) in [6.07, 6.45) is 5.13. The third kappa shape index (κ3) is 1.35. The second kappa shape index (κ2) is 3.64. The predicted octanol–water partition coefficient (Wildman–Crippen LogP) is 2.79. The first kappa shape index (κ1) is 13.2. The third-order valence-electron chi connectivity index (χ3n) is 5.59. The van der Waals surface area contributed by atoms with Crippen LogP contribution in [0.5, 0.6) is 0 Å². The molecule has 0 aromatic rings. The summed E-state index contributed by atoms with van der Waals surface area (Å²) in [4.78, 5) is 11.8. The minimum atomic E-state index is -0.205. The molecule has 2 aliphatic heterocycles. The van der Waals surface area contributed by atoms with Crippen molar-refractivity contribution < 1.29 is 14.3 Å². The van der Waals surface area contributed by atoms with Crippen LogP contribution < -0.4 is 0 Å². The van der Waals surface area contributed by atoms with E-state index in [2.05, 4.69) is 26.5 Å². The molecule has 0 amide bonds. The summed E-state index contributed by atoms with van der Waals surface area (Å²) in [5.41, 5.74) is 1.86. The first-order valence-corrected chi connectivity index (χ1v) is 6.75. The maximum absolute atomic E-state index is 11.8. The van der Waals surface area contributed by atoms with Crippen molar-refractivity contribution in [2.75, 3.05) is 0 Å². The Labute approximate surface area is 119 Å². The van der Waals surface area contributed by atoms with E-state index in [0.717, 1.165) is 19.3 Å². The van der Waals surface area contributed by atoms with Crippen LogP contribution >= 0.6 is 12.4 Å². The van der Waals surface area contributed by atoms with Crippen molar-refractivity contribution in [3.8, 4) is 0 Å². The monoisotopic (exact) mass is 282 g/mol. The Bertz CT molecular complexity index is 512. The van der Waals surface area contributed by atoms with Crippen LogP contribution in [0.3, 0.4) is 0 Å². The van der Waals surface area contributed by atoms with E-state index in [1.165, 1.54) is 5.57 Å². The van der Waals surface area contributed by atoms with Crippen LogP contribution in [0.2, 0.25) is 0 Å². The zero-order chi connectivity index (χ0) is 12.7. The number of epoxide rings is 1. The number of halogens is 1. The summed E-state index contributed by atoms with van der Waals surface area (Å²) in [6, 6.07) is 0. The Morgan fingerprint density at radius 2 is 2.21 bits per heavy atom. The first-order chi connectivity index (χ1) is 8.48. The molecule has 2 saturated heterocycles. The summed E-state index contributed by atoms with van der Waals surface area (Å²) >= 11 is 0. The SMILES string of the molecule is C=C1C(=O)O[C@@H]2[C@H]3C(C)=CC[C@]34O[C@]4(C)CC[C@@H]12.Cl. The van der Waals surface area contributed by atoms with Gasteiger partial charge in [-0.25, -0.2) is 4.79 Å². The molecule has 4 heteroatoms. The summed E-state index contributed by atoms with van der Waals surface area (Å²) in [5, 5.41) is 0. The molecule has 19 heavy (non-hydrogen) atoms. The Morgan fingerprint density at radius 1 is 1.47 bits per heavy atom. The number of fused-ring (bicyclic) bond motifs is 2. The van der Waals surface area contributed by atoms with E-state index in [1.54, 1.807) is 0 Å². The maximum Gasteiger partial charge on any atom is 0.334 e. The molecule has 1 saturated carbocycles. The number of esters is 1. The summed E-state index contributed by atoms with van der Waals surface area (Å²) in [5.74, 6) is 0.219. The fourth-order valence-electron chi connectivity index (χ4n) is 4.45. The molecule has 0 N–H and O–H groups in total. The van der Waals surface area contributed by atoms with Gasteiger partial charge in [-0.1, -0.05) is 18.2 Å². The van der Waals surface area contributed by atoms with Crippen molar-refractivity contribution in [1.29, 1.82) is 0 Å². The average molecular weight is 283 g/mol. The molecule has 2 heterocycles. The highest BCUT2D eigenvalue weighted by atomic mass is 35.5. The first-order valence-electron chi connectivity index (χ1n) is 6.75. The summed E-state index contributed by atoms with van der Waals surface area (Å²) < 4.78 is 11.8. The molecule has 1 spiro atoms. The van der Waals surface area contributed by atoms with Gasteiger partial charge in [0.2, 0.25) is 0 Å². The molecule has 3 nitrogen and oxygen atoms in total. The number of hydrogen-bond acceptors (Lipinski definition) is 3. The van der Waals surface area contributed by atoms with Crippen LogP contribution in [0.1, 0.15) is 33.1 Å².